The van der Waals surface area contributed by atoms with Gasteiger partial charge in [-0.2, -0.15) is 5.10 Å². The average molecular weight is 295 g/mol. The minimum Gasteiger partial charge on any atom is -0.294 e. The van der Waals surface area contributed by atoms with E-state index in [4.69, 9.17) is 0 Å². The number of aromatic nitrogens is 3. The van der Waals surface area contributed by atoms with Crippen LogP contribution >= 0.6 is 15.9 Å². The molecular formula is C9H13BrF2N4. The van der Waals surface area contributed by atoms with Crippen molar-refractivity contribution in [3.05, 3.63) is 23.2 Å². The van der Waals surface area contributed by atoms with E-state index in [1.54, 1.807) is 0 Å². The summed E-state index contributed by atoms with van der Waals surface area (Å²) in [6, 6.07) is 0. The number of hydrogen-bond acceptors (Lipinski definition) is 3. The van der Waals surface area contributed by atoms with Crippen molar-refractivity contribution < 1.29 is 8.78 Å². The van der Waals surface area contributed by atoms with Crippen LogP contribution in [0.1, 0.15) is 5.82 Å². The van der Waals surface area contributed by atoms with Crippen LogP contribution in [0.25, 0.3) is 0 Å². The zero-order chi connectivity index (χ0) is 12.1. The van der Waals surface area contributed by atoms with Gasteiger partial charge >= 0.3 is 0 Å². The molecule has 0 fully saturated rings. The number of nitrogens with zero attached hydrogens (tertiary/aromatic N) is 4. The third-order valence-corrected chi connectivity index (χ3v) is 2.11. The van der Waals surface area contributed by atoms with Crippen molar-refractivity contribution in [3.8, 4) is 0 Å². The molecule has 1 aromatic heterocycles. The van der Waals surface area contributed by atoms with Gasteiger partial charge in [-0.25, -0.2) is 18.4 Å². The third-order valence-electron chi connectivity index (χ3n) is 1.86. The van der Waals surface area contributed by atoms with Crippen molar-refractivity contribution in [2.75, 3.05) is 13.6 Å². The van der Waals surface area contributed by atoms with E-state index in [0.717, 1.165) is 4.48 Å². The Morgan fingerprint density at radius 2 is 2.38 bits per heavy atom. The van der Waals surface area contributed by atoms with Gasteiger partial charge in [-0.1, -0.05) is 22.5 Å². The van der Waals surface area contributed by atoms with Crippen LogP contribution in [0.15, 0.2) is 17.4 Å². The van der Waals surface area contributed by atoms with Gasteiger partial charge in [-0.05, 0) is 7.05 Å². The van der Waals surface area contributed by atoms with E-state index in [2.05, 4.69) is 32.6 Å². The lowest BCUT2D eigenvalue weighted by Crippen LogP contribution is -2.23. The second-order valence-corrected chi connectivity index (χ2v) is 4.56. The van der Waals surface area contributed by atoms with Gasteiger partial charge in [0, 0.05) is 11.0 Å². The second kappa shape index (κ2) is 6.05. The predicted octanol–water partition coefficient (Wildman–Crippen LogP) is 1.88. The highest BCUT2D eigenvalue weighted by Gasteiger charge is 2.11. The maximum atomic E-state index is 12.2. The average Bonchev–Trinajstić information content (AvgIpc) is 2.50. The van der Waals surface area contributed by atoms with Crippen molar-refractivity contribution in [1.29, 1.82) is 0 Å². The highest BCUT2D eigenvalue weighted by atomic mass is 79.9. The Bertz CT molecular complexity index is 353. The molecule has 16 heavy (non-hydrogen) atoms. The van der Waals surface area contributed by atoms with Crippen LogP contribution in [-0.4, -0.2) is 39.7 Å². The maximum Gasteiger partial charge on any atom is 0.257 e. The summed E-state index contributed by atoms with van der Waals surface area (Å²) in [5, 5.41) is 3.75. The molecule has 0 saturated carbocycles. The van der Waals surface area contributed by atoms with Crippen LogP contribution in [0.5, 0.6) is 0 Å². The fourth-order valence-corrected chi connectivity index (χ4v) is 1.71. The SMILES string of the molecule is C=C(Br)CN(C)Cc1ncnn1CC(F)F. The molecule has 0 spiro atoms. The maximum absolute atomic E-state index is 12.2. The monoisotopic (exact) mass is 294 g/mol. The molecule has 1 rings (SSSR count). The Hall–Kier alpha value is -0.820. The summed E-state index contributed by atoms with van der Waals surface area (Å²) in [6.07, 6.45) is -1.13. The van der Waals surface area contributed by atoms with E-state index in [-0.39, 0.29) is 0 Å². The molecule has 0 saturated heterocycles. The molecule has 1 heterocycles. The normalized spacial score (nSPS) is 11.4. The Balaban J connectivity index is 2.59. The molecule has 0 unspecified atom stereocenters. The first-order valence-electron chi connectivity index (χ1n) is 4.65. The Morgan fingerprint density at radius 3 is 2.94 bits per heavy atom. The van der Waals surface area contributed by atoms with E-state index in [1.165, 1.54) is 11.0 Å². The number of rotatable bonds is 6. The topological polar surface area (TPSA) is 34.0 Å². The molecule has 4 nitrogen and oxygen atoms in total. The van der Waals surface area contributed by atoms with Gasteiger partial charge in [0.15, 0.2) is 0 Å². The summed E-state index contributed by atoms with van der Waals surface area (Å²) in [4.78, 5) is 5.85. The second-order valence-electron chi connectivity index (χ2n) is 3.44. The Kier molecular flexibility index (Phi) is 5.01. The Morgan fingerprint density at radius 1 is 1.69 bits per heavy atom. The van der Waals surface area contributed by atoms with E-state index in [9.17, 15) is 8.78 Å². The van der Waals surface area contributed by atoms with Crippen LogP contribution in [-0.2, 0) is 13.1 Å². The fraction of sp³-hybridized carbons (Fsp3) is 0.556. The van der Waals surface area contributed by atoms with Crippen molar-refractivity contribution in [2.24, 2.45) is 0 Å². The van der Waals surface area contributed by atoms with Crippen LogP contribution in [0.3, 0.4) is 0 Å². The van der Waals surface area contributed by atoms with Gasteiger partial charge in [0.1, 0.15) is 18.7 Å². The summed E-state index contributed by atoms with van der Waals surface area (Å²) in [5.74, 6) is 0.525. The number of hydrogen-bond donors (Lipinski definition) is 0. The van der Waals surface area contributed by atoms with Gasteiger partial charge in [-0.3, -0.25) is 4.90 Å². The molecule has 7 heteroatoms. The Labute approximate surface area is 101 Å². The largest absolute Gasteiger partial charge is 0.294 e. The molecule has 90 valence electrons. The molecule has 0 amide bonds. The quantitative estimate of drug-likeness (QED) is 0.803. The van der Waals surface area contributed by atoms with Crippen LogP contribution in [0.4, 0.5) is 8.78 Å². The van der Waals surface area contributed by atoms with Crippen LogP contribution < -0.4 is 0 Å². The van der Waals surface area contributed by atoms with Crippen LogP contribution in [0, 0.1) is 0 Å². The van der Waals surface area contributed by atoms with Gasteiger partial charge < -0.3 is 0 Å². The zero-order valence-corrected chi connectivity index (χ0v) is 10.5. The fourth-order valence-electron chi connectivity index (χ4n) is 1.28. The molecule has 0 aliphatic heterocycles. The summed E-state index contributed by atoms with van der Waals surface area (Å²) < 4.78 is 26.5. The van der Waals surface area contributed by atoms with E-state index >= 15 is 0 Å². The molecule has 1 aromatic rings. The van der Waals surface area contributed by atoms with Crippen molar-refractivity contribution >= 4 is 15.9 Å². The summed E-state index contributed by atoms with van der Waals surface area (Å²) >= 11 is 3.24. The smallest absolute Gasteiger partial charge is 0.257 e. The minimum atomic E-state index is -2.42. The molecular weight excluding hydrogens is 282 g/mol. The molecule has 0 N–H and O–H groups in total. The van der Waals surface area contributed by atoms with E-state index < -0.39 is 13.0 Å². The molecule has 0 bridgehead atoms. The lowest BCUT2D eigenvalue weighted by Gasteiger charge is -2.15. The summed E-state index contributed by atoms with van der Waals surface area (Å²) in [7, 11) is 1.85. The minimum absolute atomic E-state index is 0.418. The van der Waals surface area contributed by atoms with Crippen LogP contribution in [0.2, 0.25) is 0 Å². The first kappa shape index (κ1) is 13.2. The molecule has 0 aliphatic carbocycles. The molecule has 0 aromatic carbocycles. The van der Waals surface area contributed by atoms with Crippen molar-refractivity contribution in [3.63, 3.8) is 0 Å². The summed E-state index contributed by atoms with van der Waals surface area (Å²) in [6.45, 7) is 4.37. The third kappa shape index (κ3) is 4.36. The van der Waals surface area contributed by atoms with Gasteiger partial charge in [0.2, 0.25) is 0 Å². The standard InChI is InChI=1S/C9H13BrF2N4/c1-7(10)3-15(2)5-9-13-6-14-16(9)4-8(11)12/h6,8H,1,3-5H2,2H3. The molecule has 0 atom stereocenters. The lowest BCUT2D eigenvalue weighted by molar-refractivity contribution is 0.119. The van der Waals surface area contributed by atoms with Crippen molar-refractivity contribution in [1.82, 2.24) is 19.7 Å². The van der Waals surface area contributed by atoms with Crippen molar-refractivity contribution in [2.45, 2.75) is 19.5 Å². The van der Waals surface area contributed by atoms with E-state index in [0.29, 0.717) is 18.9 Å². The number of halogens is 3. The number of likely N-dealkylation sites (N-methyl/N-ethyl adjacent to an activating group) is 1. The number of alkyl halides is 2. The summed E-state index contributed by atoms with van der Waals surface area (Å²) in [5.41, 5.74) is 0. The predicted molar refractivity (Wildman–Crippen MR) is 60.4 cm³/mol. The zero-order valence-electron chi connectivity index (χ0n) is 8.91. The van der Waals surface area contributed by atoms with Gasteiger partial charge in [0.05, 0.1) is 6.54 Å². The molecule has 0 radical (unpaired) electrons. The first-order chi connectivity index (χ1) is 7.49. The van der Waals surface area contributed by atoms with Gasteiger partial charge in [0.25, 0.3) is 6.43 Å². The van der Waals surface area contributed by atoms with E-state index in [1.807, 2.05) is 11.9 Å². The first-order valence-corrected chi connectivity index (χ1v) is 5.45. The highest BCUT2D eigenvalue weighted by Crippen LogP contribution is 2.07. The highest BCUT2D eigenvalue weighted by molar-refractivity contribution is 9.11. The molecule has 0 aliphatic rings. The van der Waals surface area contributed by atoms with Gasteiger partial charge in [-0.15, -0.1) is 0 Å². The lowest BCUT2D eigenvalue weighted by atomic mass is 10.4.